The summed E-state index contributed by atoms with van der Waals surface area (Å²) >= 11 is 0. The standard InChI is InChI=1S/C19H27N5O2/c1-23-13-21-9-17(23)15-10-24(11-16(15)20)12-19(25)22-8-7-14-5-3-4-6-18(14)26-2/h3-6,9,13,15-16H,7-8,10-12,20H2,1-2H3,(H,22,25)/t15-,16-/m1/s1. The van der Waals surface area contributed by atoms with Gasteiger partial charge in [0.15, 0.2) is 0 Å². The first-order chi connectivity index (χ1) is 12.6. The highest BCUT2D eigenvalue weighted by Crippen LogP contribution is 2.25. The van der Waals surface area contributed by atoms with Crippen LogP contribution in [0, 0.1) is 0 Å². The number of para-hydroxylation sites is 1. The van der Waals surface area contributed by atoms with Crippen LogP contribution in [0.4, 0.5) is 0 Å². The molecule has 3 rings (SSSR count). The third-order valence-electron chi connectivity index (χ3n) is 4.95. The van der Waals surface area contributed by atoms with Gasteiger partial charge in [-0.25, -0.2) is 4.98 Å². The van der Waals surface area contributed by atoms with Gasteiger partial charge in [-0.15, -0.1) is 0 Å². The number of aryl methyl sites for hydroxylation is 1. The molecule has 0 aliphatic carbocycles. The van der Waals surface area contributed by atoms with E-state index in [1.165, 1.54) is 0 Å². The molecular formula is C19H27N5O2. The lowest BCUT2D eigenvalue weighted by atomic mass is 10.0. The zero-order valence-corrected chi connectivity index (χ0v) is 15.4. The van der Waals surface area contributed by atoms with Gasteiger partial charge in [0.2, 0.25) is 5.91 Å². The number of imidazole rings is 1. The van der Waals surface area contributed by atoms with Gasteiger partial charge in [-0.2, -0.15) is 0 Å². The zero-order valence-electron chi connectivity index (χ0n) is 15.4. The second kappa shape index (κ2) is 8.33. The number of carbonyl (C=O) groups excluding carboxylic acids is 1. The van der Waals surface area contributed by atoms with Gasteiger partial charge in [0, 0.05) is 50.5 Å². The van der Waals surface area contributed by atoms with E-state index in [0.29, 0.717) is 13.1 Å². The first-order valence-electron chi connectivity index (χ1n) is 8.91. The maximum absolute atomic E-state index is 12.3. The number of methoxy groups -OCH3 is 1. The lowest BCUT2D eigenvalue weighted by molar-refractivity contribution is -0.122. The highest BCUT2D eigenvalue weighted by atomic mass is 16.5. The molecule has 0 unspecified atom stereocenters. The molecule has 0 radical (unpaired) electrons. The minimum Gasteiger partial charge on any atom is -0.496 e. The summed E-state index contributed by atoms with van der Waals surface area (Å²) in [6.45, 7) is 2.45. The number of nitrogens with one attached hydrogen (secondary N) is 1. The first-order valence-corrected chi connectivity index (χ1v) is 8.91. The monoisotopic (exact) mass is 357 g/mol. The van der Waals surface area contributed by atoms with Crippen molar-refractivity contribution in [1.29, 1.82) is 0 Å². The van der Waals surface area contributed by atoms with Crippen molar-refractivity contribution in [2.45, 2.75) is 18.4 Å². The molecule has 1 amide bonds. The molecule has 1 aromatic heterocycles. The average Bonchev–Trinajstić information content (AvgIpc) is 3.20. The summed E-state index contributed by atoms with van der Waals surface area (Å²) < 4.78 is 7.34. The second-order valence-electron chi connectivity index (χ2n) is 6.81. The van der Waals surface area contributed by atoms with Crippen LogP contribution in [0.3, 0.4) is 0 Å². The molecule has 26 heavy (non-hydrogen) atoms. The van der Waals surface area contributed by atoms with Gasteiger partial charge in [-0.3, -0.25) is 9.69 Å². The van der Waals surface area contributed by atoms with Crippen LogP contribution in [0.5, 0.6) is 5.75 Å². The molecule has 1 aliphatic heterocycles. The van der Waals surface area contributed by atoms with Crippen molar-refractivity contribution >= 4 is 5.91 Å². The minimum atomic E-state index is 0.0202. The van der Waals surface area contributed by atoms with Crippen LogP contribution in [-0.2, 0) is 18.3 Å². The fraction of sp³-hybridized carbons (Fsp3) is 0.474. The van der Waals surface area contributed by atoms with Gasteiger partial charge in [0.1, 0.15) is 5.75 Å². The Bertz CT molecular complexity index is 745. The number of rotatable bonds is 7. The molecule has 1 aromatic carbocycles. The van der Waals surface area contributed by atoms with Crippen molar-refractivity contribution in [3.05, 3.63) is 48.0 Å². The molecular weight excluding hydrogens is 330 g/mol. The Hall–Kier alpha value is -2.38. The van der Waals surface area contributed by atoms with Crippen molar-refractivity contribution < 1.29 is 9.53 Å². The molecule has 3 N–H and O–H groups in total. The molecule has 2 aromatic rings. The first kappa shape index (κ1) is 18.4. The lowest BCUT2D eigenvalue weighted by Crippen LogP contribution is -2.38. The van der Waals surface area contributed by atoms with Crippen LogP contribution in [0.1, 0.15) is 17.2 Å². The normalized spacial score (nSPS) is 20.3. The highest BCUT2D eigenvalue weighted by molar-refractivity contribution is 5.78. The quantitative estimate of drug-likeness (QED) is 0.754. The number of nitrogens with zero attached hydrogens (tertiary/aromatic N) is 3. The predicted octanol–water partition coefficient (Wildman–Crippen LogP) is 0.514. The minimum absolute atomic E-state index is 0.0202. The van der Waals surface area contributed by atoms with Crippen LogP contribution in [-0.4, -0.2) is 59.7 Å². The summed E-state index contributed by atoms with van der Waals surface area (Å²) in [6.07, 6.45) is 4.39. The zero-order chi connectivity index (χ0) is 18.5. The van der Waals surface area contributed by atoms with Crippen LogP contribution < -0.4 is 15.8 Å². The Balaban J connectivity index is 1.46. The molecule has 1 fully saturated rings. The summed E-state index contributed by atoms with van der Waals surface area (Å²) in [5, 5.41) is 2.99. The maximum Gasteiger partial charge on any atom is 0.234 e. The van der Waals surface area contributed by atoms with Gasteiger partial charge >= 0.3 is 0 Å². The van der Waals surface area contributed by atoms with Crippen molar-refractivity contribution in [2.75, 3.05) is 33.3 Å². The number of carbonyl (C=O) groups is 1. The van der Waals surface area contributed by atoms with Crippen molar-refractivity contribution in [2.24, 2.45) is 12.8 Å². The number of hydrogen-bond acceptors (Lipinski definition) is 5. The Morgan fingerprint density at radius 1 is 1.38 bits per heavy atom. The van der Waals surface area contributed by atoms with Gasteiger partial charge in [-0.1, -0.05) is 18.2 Å². The van der Waals surface area contributed by atoms with E-state index in [2.05, 4.69) is 15.2 Å². The Kier molecular flexibility index (Phi) is 5.90. The molecule has 2 heterocycles. The van der Waals surface area contributed by atoms with Gasteiger partial charge < -0.3 is 20.4 Å². The van der Waals surface area contributed by atoms with E-state index < -0.39 is 0 Å². The molecule has 2 atom stereocenters. The number of aromatic nitrogens is 2. The van der Waals surface area contributed by atoms with Crippen molar-refractivity contribution in [1.82, 2.24) is 19.8 Å². The molecule has 7 heteroatoms. The number of likely N-dealkylation sites (tertiary alicyclic amines) is 1. The highest BCUT2D eigenvalue weighted by Gasteiger charge is 2.33. The topological polar surface area (TPSA) is 85.4 Å². The Morgan fingerprint density at radius 2 is 2.19 bits per heavy atom. The number of amides is 1. The maximum atomic E-state index is 12.3. The van der Waals surface area contributed by atoms with Gasteiger partial charge in [0.25, 0.3) is 0 Å². The third kappa shape index (κ3) is 4.23. The van der Waals surface area contributed by atoms with E-state index in [0.717, 1.165) is 36.5 Å². The van der Waals surface area contributed by atoms with Gasteiger partial charge in [-0.05, 0) is 18.1 Å². The summed E-state index contributed by atoms with van der Waals surface area (Å²) in [7, 11) is 3.63. The van der Waals surface area contributed by atoms with E-state index in [1.807, 2.05) is 42.1 Å². The van der Waals surface area contributed by atoms with Crippen LogP contribution >= 0.6 is 0 Å². The van der Waals surface area contributed by atoms with E-state index in [4.69, 9.17) is 10.5 Å². The fourth-order valence-electron chi connectivity index (χ4n) is 3.59. The number of ether oxygens (including phenoxy) is 1. The molecule has 0 saturated carbocycles. The average molecular weight is 357 g/mol. The van der Waals surface area contributed by atoms with Crippen molar-refractivity contribution in [3.63, 3.8) is 0 Å². The van der Waals surface area contributed by atoms with Crippen LogP contribution in [0.25, 0.3) is 0 Å². The van der Waals surface area contributed by atoms with Gasteiger partial charge in [0.05, 0.1) is 20.0 Å². The molecule has 0 bridgehead atoms. The summed E-state index contributed by atoms with van der Waals surface area (Å²) in [6, 6.07) is 7.89. The molecule has 7 nitrogen and oxygen atoms in total. The number of hydrogen-bond donors (Lipinski definition) is 2. The lowest BCUT2D eigenvalue weighted by Gasteiger charge is -2.16. The Labute approximate surface area is 154 Å². The molecule has 0 spiro atoms. The SMILES string of the molecule is COc1ccccc1CCNC(=O)CN1C[C@@H](N)[C@H](c2cncn2C)C1. The van der Waals surface area contributed by atoms with Crippen molar-refractivity contribution in [3.8, 4) is 5.75 Å². The smallest absolute Gasteiger partial charge is 0.234 e. The van der Waals surface area contributed by atoms with Crippen LogP contribution in [0.15, 0.2) is 36.8 Å². The third-order valence-corrected chi connectivity index (χ3v) is 4.95. The van der Waals surface area contributed by atoms with E-state index >= 15 is 0 Å². The Morgan fingerprint density at radius 3 is 2.92 bits per heavy atom. The summed E-state index contributed by atoms with van der Waals surface area (Å²) in [5.74, 6) is 1.09. The predicted molar refractivity (Wildman–Crippen MR) is 100 cm³/mol. The summed E-state index contributed by atoms with van der Waals surface area (Å²) in [5.41, 5.74) is 8.50. The van der Waals surface area contributed by atoms with E-state index in [9.17, 15) is 4.79 Å². The number of benzene rings is 1. The molecule has 1 saturated heterocycles. The summed E-state index contributed by atoms with van der Waals surface area (Å²) in [4.78, 5) is 18.5. The molecule has 1 aliphatic rings. The van der Waals surface area contributed by atoms with E-state index in [1.54, 1.807) is 13.4 Å². The second-order valence-corrected chi connectivity index (χ2v) is 6.81. The molecule has 140 valence electrons. The fourth-order valence-corrected chi connectivity index (χ4v) is 3.59. The number of nitrogens with two attached hydrogens (primary N) is 1. The van der Waals surface area contributed by atoms with E-state index in [-0.39, 0.29) is 17.9 Å². The largest absolute Gasteiger partial charge is 0.496 e. The van der Waals surface area contributed by atoms with Crippen LogP contribution in [0.2, 0.25) is 0 Å².